The zero-order valence-corrected chi connectivity index (χ0v) is 16.1. The monoisotopic (exact) mass is 386 g/mol. The molecule has 1 fully saturated rings. The third-order valence-corrected chi connectivity index (χ3v) is 6.53. The van der Waals surface area contributed by atoms with Gasteiger partial charge < -0.3 is 9.30 Å². The molecule has 1 aromatic carbocycles. The van der Waals surface area contributed by atoms with E-state index in [2.05, 4.69) is 9.97 Å². The van der Waals surface area contributed by atoms with Gasteiger partial charge in [-0.1, -0.05) is 18.2 Å². The summed E-state index contributed by atoms with van der Waals surface area (Å²) in [5, 5.41) is 1.08. The highest BCUT2D eigenvalue weighted by atomic mass is 32.2. The smallest absolute Gasteiger partial charge is 0.262 e. The maximum absolute atomic E-state index is 12.9. The highest BCUT2D eigenvalue weighted by Crippen LogP contribution is 2.28. The van der Waals surface area contributed by atoms with Crippen LogP contribution in [0, 0.1) is 0 Å². The first kappa shape index (κ1) is 17.9. The minimum absolute atomic E-state index is 0.0867. The number of sulfonamides is 1. The van der Waals surface area contributed by atoms with Gasteiger partial charge in [0.25, 0.3) is 10.0 Å². The van der Waals surface area contributed by atoms with E-state index < -0.39 is 10.0 Å². The summed E-state index contributed by atoms with van der Waals surface area (Å²) in [4.78, 5) is 8.47. The van der Waals surface area contributed by atoms with Crippen LogP contribution in [0.15, 0.2) is 54.1 Å². The quantitative estimate of drug-likeness (QED) is 0.674. The molecule has 4 rings (SSSR count). The molecule has 1 atom stereocenters. The number of hydrogen-bond donors (Lipinski definition) is 0. The first-order valence-electron chi connectivity index (χ1n) is 8.99. The van der Waals surface area contributed by atoms with Gasteiger partial charge in [-0.15, -0.1) is 0 Å². The average Bonchev–Trinajstić information content (AvgIpc) is 3.32. The molecule has 2 aromatic heterocycles. The van der Waals surface area contributed by atoms with E-state index in [1.54, 1.807) is 23.3 Å². The number of rotatable bonds is 5. The van der Waals surface area contributed by atoms with Gasteiger partial charge in [-0.2, -0.15) is 4.31 Å². The summed E-state index contributed by atoms with van der Waals surface area (Å²) in [7, 11) is -3.61. The molecule has 0 amide bonds. The Kier molecular flexibility index (Phi) is 4.61. The van der Waals surface area contributed by atoms with E-state index in [1.807, 2.05) is 44.2 Å². The van der Waals surface area contributed by atoms with Crippen LogP contribution in [0.4, 0.5) is 0 Å². The Morgan fingerprint density at radius 2 is 2.00 bits per heavy atom. The third kappa shape index (κ3) is 3.42. The second-order valence-corrected chi connectivity index (χ2v) is 8.86. The largest absolute Gasteiger partial charge is 0.487 e. The highest BCUT2D eigenvalue weighted by Gasteiger charge is 2.35. The molecule has 3 aromatic rings. The lowest BCUT2D eigenvalue weighted by molar-refractivity contribution is 0.218. The molecule has 0 radical (unpaired) electrons. The Bertz CT molecular complexity index is 1060. The topological polar surface area (TPSA) is 77.3 Å². The molecule has 142 valence electrons. The van der Waals surface area contributed by atoms with Crippen LogP contribution in [-0.4, -0.2) is 46.5 Å². The van der Waals surface area contributed by atoms with Crippen molar-refractivity contribution in [3.8, 4) is 5.75 Å². The summed E-state index contributed by atoms with van der Waals surface area (Å²) in [6.45, 7) is 4.69. The first-order chi connectivity index (χ1) is 12.9. The van der Waals surface area contributed by atoms with Crippen molar-refractivity contribution in [3.05, 3.63) is 49.1 Å². The predicted molar refractivity (Wildman–Crippen MR) is 102 cm³/mol. The molecule has 0 spiro atoms. The molecule has 3 heterocycles. The second kappa shape index (κ2) is 6.94. The van der Waals surface area contributed by atoms with Crippen molar-refractivity contribution in [3.63, 3.8) is 0 Å². The van der Waals surface area contributed by atoms with Crippen molar-refractivity contribution in [1.82, 2.24) is 18.8 Å². The van der Waals surface area contributed by atoms with E-state index in [1.165, 1.54) is 4.31 Å². The molecule has 7 nitrogen and oxygen atoms in total. The van der Waals surface area contributed by atoms with Crippen LogP contribution in [0.2, 0.25) is 0 Å². The Labute approximate surface area is 158 Å². The van der Waals surface area contributed by atoms with E-state index in [0.717, 1.165) is 10.9 Å². The van der Waals surface area contributed by atoms with E-state index in [4.69, 9.17) is 4.74 Å². The van der Waals surface area contributed by atoms with Gasteiger partial charge in [-0.25, -0.2) is 13.4 Å². The van der Waals surface area contributed by atoms with Gasteiger partial charge in [0.05, 0.1) is 12.9 Å². The minimum atomic E-state index is -3.61. The molecule has 0 saturated carbocycles. The maximum Gasteiger partial charge on any atom is 0.262 e. The van der Waals surface area contributed by atoms with Crippen LogP contribution in [0.3, 0.4) is 0 Å². The van der Waals surface area contributed by atoms with Crippen LogP contribution in [0.5, 0.6) is 5.75 Å². The normalized spacial score (nSPS) is 18.4. The van der Waals surface area contributed by atoms with E-state index in [-0.39, 0.29) is 17.2 Å². The summed E-state index contributed by atoms with van der Waals surface area (Å²) in [6, 6.07) is 9.79. The van der Waals surface area contributed by atoms with Gasteiger partial charge in [0.2, 0.25) is 0 Å². The molecular formula is C19H22N4O3S. The Hall–Kier alpha value is -2.45. The molecule has 0 N–H and O–H groups in total. The first-order valence-corrected chi connectivity index (χ1v) is 10.4. The van der Waals surface area contributed by atoms with Crippen molar-refractivity contribution in [1.29, 1.82) is 0 Å². The van der Waals surface area contributed by atoms with Crippen LogP contribution in [0.25, 0.3) is 10.9 Å². The van der Waals surface area contributed by atoms with Crippen molar-refractivity contribution in [2.45, 2.75) is 37.4 Å². The molecular weight excluding hydrogens is 364 g/mol. The van der Waals surface area contributed by atoms with Gasteiger partial charge >= 0.3 is 0 Å². The molecule has 1 unspecified atom stereocenters. The zero-order valence-electron chi connectivity index (χ0n) is 15.3. The SMILES string of the molecule is CC(C)n1cnc(S(=O)(=O)N2CCC(Oc3cccc4cccnc34)C2)c1. The summed E-state index contributed by atoms with van der Waals surface area (Å²) in [6.07, 6.45) is 5.30. The number of para-hydroxylation sites is 1. The van der Waals surface area contributed by atoms with Gasteiger partial charge in [0.15, 0.2) is 5.03 Å². The van der Waals surface area contributed by atoms with E-state index in [0.29, 0.717) is 25.3 Å². The summed E-state index contributed by atoms with van der Waals surface area (Å²) in [5.41, 5.74) is 0.789. The fraction of sp³-hybridized carbons (Fsp3) is 0.368. The second-order valence-electron chi connectivity index (χ2n) is 6.98. The summed E-state index contributed by atoms with van der Waals surface area (Å²) in [5.74, 6) is 0.682. The van der Waals surface area contributed by atoms with Crippen molar-refractivity contribution in [2.24, 2.45) is 0 Å². The van der Waals surface area contributed by atoms with E-state index in [9.17, 15) is 8.42 Å². The summed E-state index contributed by atoms with van der Waals surface area (Å²) >= 11 is 0. The Morgan fingerprint density at radius 1 is 1.19 bits per heavy atom. The van der Waals surface area contributed by atoms with Crippen LogP contribution < -0.4 is 4.74 Å². The standard InChI is InChI=1S/C19H22N4O3S/c1-14(2)22-12-18(21-13-22)27(24,25)23-10-8-16(11-23)26-17-7-3-5-15-6-4-9-20-19(15)17/h3-7,9,12-14,16H,8,10-11H2,1-2H3. The lowest BCUT2D eigenvalue weighted by atomic mass is 10.2. The molecule has 1 saturated heterocycles. The van der Waals surface area contributed by atoms with Gasteiger partial charge in [0.1, 0.15) is 17.4 Å². The maximum atomic E-state index is 12.9. The summed E-state index contributed by atoms with van der Waals surface area (Å²) < 4.78 is 35.1. The van der Waals surface area contributed by atoms with Crippen molar-refractivity contribution < 1.29 is 13.2 Å². The average molecular weight is 386 g/mol. The lowest BCUT2D eigenvalue weighted by Crippen LogP contribution is -2.31. The number of ether oxygens (including phenoxy) is 1. The minimum Gasteiger partial charge on any atom is -0.487 e. The molecule has 27 heavy (non-hydrogen) atoms. The number of aromatic nitrogens is 3. The molecule has 8 heteroatoms. The van der Waals surface area contributed by atoms with Gasteiger partial charge in [0, 0.05) is 30.4 Å². The van der Waals surface area contributed by atoms with Crippen LogP contribution in [-0.2, 0) is 10.0 Å². The Morgan fingerprint density at radius 3 is 2.78 bits per heavy atom. The predicted octanol–water partition coefficient (Wildman–Crippen LogP) is 2.85. The highest BCUT2D eigenvalue weighted by molar-refractivity contribution is 7.89. The number of pyridine rings is 1. The molecule has 0 bridgehead atoms. The molecule has 1 aliphatic heterocycles. The van der Waals surface area contributed by atoms with Gasteiger partial charge in [-0.3, -0.25) is 4.98 Å². The number of nitrogens with zero attached hydrogens (tertiary/aromatic N) is 4. The zero-order chi connectivity index (χ0) is 19.0. The lowest BCUT2D eigenvalue weighted by Gasteiger charge is -2.17. The van der Waals surface area contributed by atoms with Crippen LogP contribution >= 0.6 is 0 Å². The molecule has 1 aliphatic rings. The van der Waals surface area contributed by atoms with Gasteiger partial charge in [-0.05, 0) is 32.4 Å². The van der Waals surface area contributed by atoms with Crippen LogP contribution in [0.1, 0.15) is 26.3 Å². The Balaban J connectivity index is 1.51. The van der Waals surface area contributed by atoms with Crippen molar-refractivity contribution in [2.75, 3.05) is 13.1 Å². The fourth-order valence-electron chi connectivity index (χ4n) is 3.23. The molecule has 0 aliphatic carbocycles. The van der Waals surface area contributed by atoms with Crippen molar-refractivity contribution >= 4 is 20.9 Å². The number of fused-ring (bicyclic) bond motifs is 1. The number of hydrogen-bond acceptors (Lipinski definition) is 5. The number of benzene rings is 1. The third-order valence-electron chi connectivity index (χ3n) is 4.78. The number of imidazole rings is 1. The van der Waals surface area contributed by atoms with E-state index >= 15 is 0 Å². The fourth-order valence-corrected chi connectivity index (χ4v) is 4.64.